The van der Waals surface area contributed by atoms with Crippen LogP contribution in [0.2, 0.25) is 0 Å². The molecule has 1 aromatic carbocycles. The van der Waals surface area contributed by atoms with Crippen molar-refractivity contribution >= 4 is 24.2 Å². The van der Waals surface area contributed by atoms with Gasteiger partial charge in [0.15, 0.2) is 5.78 Å². The number of carbonyl (C=O) groups is 2. The highest BCUT2D eigenvalue weighted by molar-refractivity contribution is 5.94. The van der Waals surface area contributed by atoms with Gasteiger partial charge in [-0.05, 0) is 31.2 Å². The smallest absolute Gasteiger partial charge is 0.323 e. The highest BCUT2D eigenvalue weighted by Gasteiger charge is 2.31. The summed E-state index contributed by atoms with van der Waals surface area (Å²) in [6.45, 7) is 2.13. The molecule has 2 rings (SSSR count). The number of hydrogen-bond donors (Lipinski definition) is 1. The van der Waals surface area contributed by atoms with Crippen molar-refractivity contribution in [1.82, 2.24) is 5.32 Å². The molecule has 0 aliphatic carbocycles. The topological polar surface area (TPSA) is 64.6 Å². The first kappa shape index (κ1) is 16.5. The van der Waals surface area contributed by atoms with E-state index in [2.05, 4.69) is 10.1 Å². The maximum Gasteiger partial charge on any atom is 0.323 e. The molecule has 6 heteroatoms. The Morgan fingerprint density at radius 2 is 1.90 bits per heavy atom. The summed E-state index contributed by atoms with van der Waals surface area (Å²) in [7, 11) is 1.37. The molecule has 2 atom stereocenters. The lowest BCUT2D eigenvalue weighted by atomic mass is 10.1. The van der Waals surface area contributed by atoms with Gasteiger partial charge in [0.1, 0.15) is 17.9 Å². The molecule has 1 aliphatic rings. The van der Waals surface area contributed by atoms with Gasteiger partial charge in [-0.25, -0.2) is 0 Å². The molecule has 0 radical (unpaired) electrons. The van der Waals surface area contributed by atoms with E-state index in [4.69, 9.17) is 4.74 Å². The van der Waals surface area contributed by atoms with Crippen molar-refractivity contribution in [3.8, 4) is 5.75 Å². The van der Waals surface area contributed by atoms with Gasteiger partial charge in [-0.3, -0.25) is 9.59 Å². The van der Waals surface area contributed by atoms with Crippen molar-refractivity contribution in [3.63, 3.8) is 0 Å². The molecular formula is C14H18ClNO4. The number of carbonyl (C=O) groups excluding carboxylic acids is 2. The first-order valence-corrected chi connectivity index (χ1v) is 6.19. The Morgan fingerprint density at radius 3 is 2.45 bits per heavy atom. The zero-order valence-corrected chi connectivity index (χ0v) is 12.2. The number of nitrogens with one attached hydrogen (secondary N) is 1. The maximum absolute atomic E-state index is 11.4. The van der Waals surface area contributed by atoms with Gasteiger partial charge < -0.3 is 14.8 Å². The third kappa shape index (κ3) is 3.95. The number of methoxy groups -OCH3 is 1. The Morgan fingerprint density at radius 1 is 1.25 bits per heavy atom. The van der Waals surface area contributed by atoms with Crippen LogP contribution in [0, 0.1) is 0 Å². The van der Waals surface area contributed by atoms with Gasteiger partial charge in [0.25, 0.3) is 0 Å². The standard InChI is InChI=1S/C14H17NO4.ClH/c1-9(16)10-3-5-11(6-4-10)19-12-7-13(15-8-12)14(17)18-2;/h3-6,12-13,15H,7-8H2,1-2H3;1H. The molecule has 20 heavy (non-hydrogen) atoms. The Hall–Kier alpha value is -1.59. The molecule has 110 valence electrons. The SMILES string of the molecule is COC(=O)C1CC(Oc2ccc(C(C)=O)cc2)CN1.Cl. The average molecular weight is 300 g/mol. The first-order valence-electron chi connectivity index (χ1n) is 6.19. The van der Waals surface area contributed by atoms with Crippen LogP contribution in [0.15, 0.2) is 24.3 Å². The van der Waals surface area contributed by atoms with Crippen LogP contribution in [0.1, 0.15) is 23.7 Å². The van der Waals surface area contributed by atoms with Gasteiger partial charge in [0.05, 0.1) is 7.11 Å². The second kappa shape index (κ2) is 7.26. The summed E-state index contributed by atoms with van der Waals surface area (Å²) in [5.41, 5.74) is 0.657. The van der Waals surface area contributed by atoms with Crippen LogP contribution in [0.3, 0.4) is 0 Å². The summed E-state index contributed by atoms with van der Waals surface area (Å²) in [4.78, 5) is 22.5. The van der Waals surface area contributed by atoms with Crippen molar-refractivity contribution < 1.29 is 19.1 Å². The lowest BCUT2D eigenvalue weighted by Crippen LogP contribution is -2.31. The lowest BCUT2D eigenvalue weighted by Gasteiger charge is -2.12. The van der Waals surface area contributed by atoms with E-state index in [0.717, 1.165) is 0 Å². The number of Topliss-reactive ketones (excluding diaryl/α,β-unsaturated/α-hetero) is 1. The quantitative estimate of drug-likeness (QED) is 0.676. The van der Waals surface area contributed by atoms with E-state index in [1.54, 1.807) is 24.3 Å². The fourth-order valence-corrected chi connectivity index (χ4v) is 2.08. The van der Waals surface area contributed by atoms with Crippen molar-refractivity contribution in [2.24, 2.45) is 0 Å². The van der Waals surface area contributed by atoms with Crippen LogP contribution in [-0.2, 0) is 9.53 Å². The molecule has 0 amide bonds. The van der Waals surface area contributed by atoms with E-state index in [1.807, 2.05) is 0 Å². The minimum absolute atomic E-state index is 0. The Kier molecular flexibility index (Phi) is 5.98. The zero-order valence-electron chi connectivity index (χ0n) is 11.4. The van der Waals surface area contributed by atoms with Crippen LogP contribution in [0.5, 0.6) is 5.75 Å². The zero-order chi connectivity index (χ0) is 13.8. The Labute approximate surface area is 124 Å². The normalized spacial score (nSPS) is 20.9. The molecule has 2 unspecified atom stereocenters. The van der Waals surface area contributed by atoms with Gasteiger partial charge in [-0.1, -0.05) is 0 Å². The van der Waals surface area contributed by atoms with Gasteiger partial charge in [0, 0.05) is 18.5 Å². The average Bonchev–Trinajstić information content (AvgIpc) is 2.87. The minimum Gasteiger partial charge on any atom is -0.489 e. The molecule has 1 aliphatic heterocycles. The number of ketones is 1. The predicted molar refractivity (Wildman–Crippen MR) is 76.5 cm³/mol. The number of benzene rings is 1. The third-order valence-electron chi connectivity index (χ3n) is 3.14. The fourth-order valence-electron chi connectivity index (χ4n) is 2.08. The van der Waals surface area contributed by atoms with Crippen molar-refractivity contribution in [2.75, 3.05) is 13.7 Å². The monoisotopic (exact) mass is 299 g/mol. The highest BCUT2D eigenvalue weighted by Crippen LogP contribution is 2.18. The van der Waals surface area contributed by atoms with E-state index >= 15 is 0 Å². The molecule has 5 nitrogen and oxygen atoms in total. The molecule has 1 N–H and O–H groups in total. The molecular weight excluding hydrogens is 282 g/mol. The summed E-state index contributed by atoms with van der Waals surface area (Å²) in [6, 6.07) is 6.70. The van der Waals surface area contributed by atoms with Crippen molar-refractivity contribution in [1.29, 1.82) is 0 Å². The number of hydrogen-bond acceptors (Lipinski definition) is 5. The summed E-state index contributed by atoms with van der Waals surface area (Å²) in [5, 5.41) is 3.05. The van der Waals surface area contributed by atoms with Crippen molar-refractivity contribution in [3.05, 3.63) is 29.8 Å². The number of esters is 1. The van der Waals surface area contributed by atoms with E-state index in [0.29, 0.717) is 24.3 Å². The highest BCUT2D eigenvalue weighted by atomic mass is 35.5. The lowest BCUT2D eigenvalue weighted by molar-refractivity contribution is -0.142. The predicted octanol–water partition coefficient (Wildman–Crippen LogP) is 1.59. The first-order chi connectivity index (χ1) is 9.10. The van der Waals surface area contributed by atoms with E-state index in [1.165, 1.54) is 14.0 Å². The number of halogens is 1. The van der Waals surface area contributed by atoms with Crippen molar-refractivity contribution in [2.45, 2.75) is 25.5 Å². The van der Waals surface area contributed by atoms with Gasteiger partial charge in [-0.2, -0.15) is 0 Å². The third-order valence-corrected chi connectivity index (χ3v) is 3.14. The second-order valence-electron chi connectivity index (χ2n) is 4.54. The van der Waals surface area contributed by atoms with Gasteiger partial charge in [0.2, 0.25) is 0 Å². The summed E-state index contributed by atoms with van der Waals surface area (Å²) in [6.07, 6.45) is 0.522. The summed E-state index contributed by atoms with van der Waals surface area (Å²) in [5.74, 6) is 0.459. The second-order valence-corrected chi connectivity index (χ2v) is 4.54. The molecule has 1 heterocycles. The van der Waals surface area contributed by atoms with E-state index < -0.39 is 0 Å². The number of ether oxygens (including phenoxy) is 2. The Balaban J connectivity index is 0.00000200. The van der Waals surface area contributed by atoms with E-state index in [9.17, 15) is 9.59 Å². The van der Waals surface area contributed by atoms with Gasteiger partial charge >= 0.3 is 5.97 Å². The van der Waals surface area contributed by atoms with Crippen LogP contribution >= 0.6 is 12.4 Å². The molecule has 0 bridgehead atoms. The summed E-state index contributed by atoms with van der Waals surface area (Å²) < 4.78 is 10.4. The van der Waals surface area contributed by atoms with Gasteiger partial charge in [-0.15, -0.1) is 12.4 Å². The Bertz CT molecular complexity index is 475. The molecule has 0 saturated carbocycles. The van der Waals surface area contributed by atoms with Crippen LogP contribution < -0.4 is 10.1 Å². The fraction of sp³-hybridized carbons (Fsp3) is 0.429. The minimum atomic E-state index is -0.300. The van der Waals surface area contributed by atoms with E-state index in [-0.39, 0.29) is 36.3 Å². The molecule has 1 saturated heterocycles. The summed E-state index contributed by atoms with van der Waals surface area (Å²) >= 11 is 0. The van der Waals surface area contributed by atoms with Crippen LogP contribution in [0.4, 0.5) is 0 Å². The largest absolute Gasteiger partial charge is 0.489 e. The molecule has 0 spiro atoms. The molecule has 1 aromatic rings. The molecule has 0 aromatic heterocycles. The number of rotatable bonds is 4. The van der Waals surface area contributed by atoms with Crippen LogP contribution in [-0.4, -0.2) is 37.6 Å². The molecule has 1 fully saturated rings. The van der Waals surface area contributed by atoms with Crippen LogP contribution in [0.25, 0.3) is 0 Å². The maximum atomic E-state index is 11.4.